The molecular weight excluding hydrogens is 280 g/mol. The summed E-state index contributed by atoms with van der Waals surface area (Å²) in [5.41, 5.74) is 7.84. The van der Waals surface area contributed by atoms with Crippen molar-refractivity contribution in [3.63, 3.8) is 0 Å². The van der Waals surface area contributed by atoms with Crippen molar-refractivity contribution in [1.82, 2.24) is 4.90 Å². The minimum Gasteiger partial charge on any atom is -0.398 e. The zero-order valence-corrected chi connectivity index (χ0v) is 13.7. The molecule has 0 aliphatic carbocycles. The van der Waals surface area contributed by atoms with E-state index in [2.05, 4.69) is 6.92 Å². The van der Waals surface area contributed by atoms with E-state index in [1.165, 1.54) is 24.3 Å². The average Bonchev–Trinajstić information content (AvgIpc) is 2.50. The number of benzene rings is 1. The first-order valence-electron chi connectivity index (χ1n) is 7.89. The fraction of sp³-hybridized carbons (Fsp3) is 0.588. The number of hydrogen-bond acceptors (Lipinski definition) is 3. The van der Waals surface area contributed by atoms with Gasteiger partial charge in [0.05, 0.1) is 0 Å². The van der Waals surface area contributed by atoms with E-state index in [1.54, 1.807) is 0 Å². The van der Waals surface area contributed by atoms with Gasteiger partial charge in [0, 0.05) is 25.2 Å². The Balaban J connectivity index is 1.97. The molecule has 1 amide bonds. The van der Waals surface area contributed by atoms with Crippen LogP contribution in [0.15, 0.2) is 24.3 Å². The van der Waals surface area contributed by atoms with E-state index in [1.807, 2.05) is 40.9 Å². The molecule has 1 aromatic carbocycles. The van der Waals surface area contributed by atoms with Gasteiger partial charge >= 0.3 is 0 Å². The minimum absolute atomic E-state index is 0.289. The topological polar surface area (TPSA) is 46.3 Å². The molecule has 21 heavy (non-hydrogen) atoms. The SMILES string of the molecule is CCCN(Cc1ccccc1N)C(=O)CC1CCSCC1. The summed E-state index contributed by atoms with van der Waals surface area (Å²) >= 11 is 2.01. The zero-order valence-electron chi connectivity index (χ0n) is 12.9. The summed E-state index contributed by atoms with van der Waals surface area (Å²) in [7, 11) is 0. The number of anilines is 1. The molecule has 1 fully saturated rings. The number of carbonyl (C=O) groups is 1. The van der Waals surface area contributed by atoms with Gasteiger partial charge < -0.3 is 10.6 Å². The zero-order chi connectivity index (χ0) is 15.1. The van der Waals surface area contributed by atoms with Crippen LogP contribution in [0.3, 0.4) is 0 Å². The molecule has 1 aromatic rings. The average molecular weight is 306 g/mol. The minimum atomic E-state index is 0.289. The van der Waals surface area contributed by atoms with E-state index in [-0.39, 0.29) is 5.91 Å². The predicted molar refractivity (Wildman–Crippen MR) is 91.2 cm³/mol. The van der Waals surface area contributed by atoms with E-state index in [0.717, 1.165) is 24.2 Å². The second kappa shape index (κ2) is 8.32. The van der Waals surface area contributed by atoms with Crippen molar-refractivity contribution >= 4 is 23.4 Å². The third-order valence-electron chi connectivity index (χ3n) is 4.07. The quantitative estimate of drug-likeness (QED) is 0.818. The molecule has 0 unspecified atom stereocenters. The van der Waals surface area contributed by atoms with Crippen LogP contribution in [-0.4, -0.2) is 28.9 Å². The lowest BCUT2D eigenvalue weighted by atomic mass is 9.98. The predicted octanol–water partition coefficient (Wildman–Crippen LogP) is 3.54. The molecule has 1 saturated heterocycles. The summed E-state index contributed by atoms with van der Waals surface area (Å²) in [6, 6.07) is 7.84. The lowest BCUT2D eigenvalue weighted by molar-refractivity contribution is -0.132. The number of amides is 1. The molecule has 2 rings (SSSR count). The number of nitrogen functional groups attached to an aromatic ring is 1. The Bertz CT molecular complexity index is 458. The van der Waals surface area contributed by atoms with Gasteiger partial charge in [0.25, 0.3) is 0 Å². The summed E-state index contributed by atoms with van der Waals surface area (Å²) in [5, 5.41) is 0. The molecule has 0 atom stereocenters. The van der Waals surface area contributed by atoms with Crippen LogP contribution in [0.4, 0.5) is 5.69 Å². The van der Waals surface area contributed by atoms with Crippen molar-refractivity contribution < 1.29 is 4.79 Å². The number of carbonyl (C=O) groups excluding carboxylic acids is 1. The summed E-state index contributed by atoms with van der Waals surface area (Å²) in [4.78, 5) is 14.6. The molecule has 3 nitrogen and oxygen atoms in total. The fourth-order valence-electron chi connectivity index (χ4n) is 2.77. The maximum absolute atomic E-state index is 12.6. The number of para-hydroxylation sites is 1. The van der Waals surface area contributed by atoms with E-state index >= 15 is 0 Å². The van der Waals surface area contributed by atoms with Crippen molar-refractivity contribution in [2.24, 2.45) is 5.92 Å². The van der Waals surface area contributed by atoms with Crippen LogP contribution in [0.25, 0.3) is 0 Å². The summed E-state index contributed by atoms with van der Waals surface area (Å²) in [5.74, 6) is 3.28. The van der Waals surface area contributed by atoms with Crippen molar-refractivity contribution in [2.45, 2.75) is 39.2 Å². The number of thioether (sulfide) groups is 1. The molecule has 1 aliphatic heterocycles. The lowest BCUT2D eigenvalue weighted by Gasteiger charge is -2.27. The molecule has 116 valence electrons. The highest BCUT2D eigenvalue weighted by atomic mass is 32.2. The van der Waals surface area contributed by atoms with Crippen LogP contribution in [0.5, 0.6) is 0 Å². The van der Waals surface area contributed by atoms with Crippen molar-refractivity contribution in [1.29, 1.82) is 0 Å². The van der Waals surface area contributed by atoms with Gasteiger partial charge in [-0.2, -0.15) is 11.8 Å². The number of hydrogen-bond donors (Lipinski definition) is 1. The molecule has 0 bridgehead atoms. The van der Waals surface area contributed by atoms with Crippen LogP contribution in [-0.2, 0) is 11.3 Å². The molecule has 0 aromatic heterocycles. The summed E-state index contributed by atoms with van der Waals surface area (Å²) < 4.78 is 0. The summed E-state index contributed by atoms with van der Waals surface area (Å²) in [6.07, 6.45) is 4.06. The third kappa shape index (κ3) is 4.95. The van der Waals surface area contributed by atoms with E-state index in [0.29, 0.717) is 18.9 Å². The van der Waals surface area contributed by atoms with Crippen LogP contribution in [0.2, 0.25) is 0 Å². The first-order valence-corrected chi connectivity index (χ1v) is 9.05. The van der Waals surface area contributed by atoms with E-state index in [9.17, 15) is 4.79 Å². The largest absolute Gasteiger partial charge is 0.398 e. The van der Waals surface area contributed by atoms with Crippen molar-refractivity contribution in [2.75, 3.05) is 23.8 Å². The molecule has 1 heterocycles. The number of nitrogens with two attached hydrogens (primary N) is 1. The van der Waals surface area contributed by atoms with Crippen LogP contribution >= 0.6 is 11.8 Å². The normalized spacial score (nSPS) is 15.9. The monoisotopic (exact) mass is 306 g/mol. The number of rotatable bonds is 6. The van der Waals surface area contributed by atoms with Crippen LogP contribution in [0, 0.1) is 5.92 Å². The molecule has 4 heteroatoms. The van der Waals surface area contributed by atoms with Gasteiger partial charge in [-0.1, -0.05) is 25.1 Å². The van der Waals surface area contributed by atoms with Gasteiger partial charge in [0.2, 0.25) is 5.91 Å². The highest BCUT2D eigenvalue weighted by Crippen LogP contribution is 2.26. The van der Waals surface area contributed by atoms with Gasteiger partial charge in [-0.25, -0.2) is 0 Å². The van der Waals surface area contributed by atoms with Crippen LogP contribution in [0.1, 0.15) is 38.2 Å². The van der Waals surface area contributed by atoms with Crippen molar-refractivity contribution in [3.8, 4) is 0 Å². The molecule has 2 N–H and O–H groups in total. The Labute approximate surface area is 132 Å². The molecule has 0 saturated carbocycles. The maximum Gasteiger partial charge on any atom is 0.223 e. The van der Waals surface area contributed by atoms with Gasteiger partial charge in [0.15, 0.2) is 0 Å². The van der Waals surface area contributed by atoms with Gasteiger partial charge in [-0.05, 0) is 48.3 Å². The highest BCUT2D eigenvalue weighted by molar-refractivity contribution is 7.99. The lowest BCUT2D eigenvalue weighted by Crippen LogP contribution is -2.33. The smallest absolute Gasteiger partial charge is 0.223 e. The van der Waals surface area contributed by atoms with E-state index in [4.69, 9.17) is 5.73 Å². The maximum atomic E-state index is 12.6. The van der Waals surface area contributed by atoms with Crippen LogP contribution < -0.4 is 5.73 Å². The highest BCUT2D eigenvalue weighted by Gasteiger charge is 2.21. The van der Waals surface area contributed by atoms with Crippen molar-refractivity contribution in [3.05, 3.63) is 29.8 Å². The first-order chi connectivity index (χ1) is 10.2. The Kier molecular flexibility index (Phi) is 6.43. The Morgan fingerprint density at radius 3 is 2.71 bits per heavy atom. The summed E-state index contributed by atoms with van der Waals surface area (Å²) in [6.45, 7) is 3.57. The molecule has 0 spiro atoms. The van der Waals surface area contributed by atoms with Gasteiger partial charge in [-0.3, -0.25) is 4.79 Å². The van der Waals surface area contributed by atoms with E-state index < -0.39 is 0 Å². The second-order valence-electron chi connectivity index (χ2n) is 5.77. The first kappa shape index (κ1) is 16.2. The molecule has 1 aliphatic rings. The standard InChI is InChI=1S/C17H26N2OS/c1-2-9-19(13-15-5-3-4-6-16(15)18)17(20)12-14-7-10-21-11-8-14/h3-6,14H,2,7-13,18H2,1H3. The Hall–Kier alpha value is -1.16. The van der Waals surface area contributed by atoms with Gasteiger partial charge in [-0.15, -0.1) is 0 Å². The third-order valence-corrected chi connectivity index (χ3v) is 5.12. The fourth-order valence-corrected chi connectivity index (χ4v) is 3.98. The number of nitrogens with zero attached hydrogens (tertiary/aromatic N) is 1. The Morgan fingerprint density at radius 1 is 1.33 bits per heavy atom. The molecule has 0 radical (unpaired) electrons. The Morgan fingerprint density at radius 2 is 2.05 bits per heavy atom. The second-order valence-corrected chi connectivity index (χ2v) is 7.00. The van der Waals surface area contributed by atoms with Gasteiger partial charge in [0.1, 0.15) is 0 Å². The molecular formula is C17H26N2OS.